The number of hydrogen-bond donors (Lipinski definition) is 1. The van der Waals surface area contributed by atoms with Gasteiger partial charge in [-0.1, -0.05) is 74.0 Å². The van der Waals surface area contributed by atoms with E-state index in [4.69, 9.17) is 14.2 Å². The van der Waals surface area contributed by atoms with Crippen molar-refractivity contribution in [3.8, 4) is 17.2 Å². The molecule has 1 atom stereocenters. The Labute approximate surface area is 283 Å². The van der Waals surface area contributed by atoms with Gasteiger partial charge >= 0.3 is 0 Å². The van der Waals surface area contributed by atoms with E-state index in [-0.39, 0.29) is 29.5 Å². The molecule has 10 nitrogen and oxygen atoms in total. The van der Waals surface area contributed by atoms with Crippen LogP contribution in [0.1, 0.15) is 30.9 Å². The second-order valence-electron chi connectivity index (χ2n) is 11.1. The van der Waals surface area contributed by atoms with Crippen molar-refractivity contribution in [2.75, 3.05) is 38.7 Å². The molecule has 0 aliphatic heterocycles. The molecule has 1 N–H and O–H groups in total. The summed E-state index contributed by atoms with van der Waals surface area (Å²) in [5.74, 6) is 0.383. The molecule has 4 aromatic carbocycles. The Morgan fingerprint density at radius 2 is 1.44 bits per heavy atom. The average molecular weight is 674 g/mol. The maximum absolute atomic E-state index is 14.7. The number of methoxy groups -OCH3 is 3. The second kappa shape index (κ2) is 17.2. The van der Waals surface area contributed by atoms with Gasteiger partial charge in [-0.3, -0.25) is 13.9 Å². The van der Waals surface area contributed by atoms with Gasteiger partial charge in [-0.05, 0) is 53.9 Å². The van der Waals surface area contributed by atoms with Gasteiger partial charge in [-0.25, -0.2) is 8.42 Å². The Hall–Kier alpha value is -5.03. The number of ether oxygens (including phenoxy) is 3. The fourth-order valence-corrected chi connectivity index (χ4v) is 6.68. The third-order valence-corrected chi connectivity index (χ3v) is 9.64. The number of anilines is 1. The van der Waals surface area contributed by atoms with Gasteiger partial charge in [0, 0.05) is 25.6 Å². The maximum atomic E-state index is 14.7. The fraction of sp³-hybridized carbons (Fsp3) is 0.297. The molecule has 0 bridgehead atoms. The van der Waals surface area contributed by atoms with E-state index in [1.54, 1.807) is 55.6 Å². The van der Waals surface area contributed by atoms with Crippen LogP contribution in [0, 0.1) is 0 Å². The zero-order valence-electron chi connectivity index (χ0n) is 27.8. The first kappa shape index (κ1) is 35.8. The lowest BCUT2D eigenvalue weighted by Gasteiger charge is -2.34. The number of rotatable bonds is 17. The van der Waals surface area contributed by atoms with Crippen molar-refractivity contribution in [3.05, 3.63) is 114 Å². The molecular weight excluding hydrogens is 630 g/mol. The first-order chi connectivity index (χ1) is 23.2. The standard InChI is InChI=1S/C37H43N3O7S/c1-5-6-22-38-37(42)33(24-28-14-9-7-10-15-28)39(26-29-16-13-17-31(23-29)45-2)36(41)27-40(48(43,44)32-18-11-8-12-19-32)30-20-21-34(46-3)35(25-30)47-4/h7-21,23,25,33H,5-6,22,24,26-27H2,1-4H3,(H,38,42)/t33-/m1/s1. The van der Waals surface area contributed by atoms with Gasteiger partial charge in [0.25, 0.3) is 10.0 Å². The number of hydrogen-bond acceptors (Lipinski definition) is 7. The van der Waals surface area contributed by atoms with Gasteiger partial charge in [-0.2, -0.15) is 0 Å². The van der Waals surface area contributed by atoms with Gasteiger partial charge in [0.15, 0.2) is 11.5 Å². The molecule has 0 aromatic heterocycles. The fourth-order valence-electron chi connectivity index (χ4n) is 5.26. The largest absolute Gasteiger partial charge is 0.497 e. The van der Waals surface area contributed by atoms with Crippen LogP contribution in [0.4, 0.5) is 5.69 Å². The molecule has 0 fully saturated rings. The molecule has 4 rings (SSSR count). The highest BCUT2D eigenvalue weighted by atomic mass is 32.2. The number of carbonyl (C=O) groups is 2. The highest BCUT2D eigenvalue weighted by molar-refractivity contribution is 7.92. The Bertz CT molecular complexity index is 1750. The lowest BCUT2D eigenvalue weighted by atomic mass is 10.0. The molecule has 254 valence electrons. The van der Waals surface area contributed by atoms with Gasteiger partial charge < -0.3 is 24.4 Å². The van der Waals surface area contributed by atoms with Gasteiger partial charge in [0.2, 0.25) is 11.8 Å². The van der Waals surface area contributed by atoms with Crippen LogP contribution in [0.15, 0.2) is 108 Å². The number of nitrogens with one attached hydrogen (secondary N) is 1. The molecule has 2 amide bonds. The number of benzene rings is 4. The summed E-state index contributed by atoms with van der Waals surface area (Å²) in [5.41, 5.74) is 1.76. The Morgan fingerprint density at radius 1 is 0.771 bits per heavy atom. The van der Waals surface area contributed by atoms with Crippen LogP contribution in [-0.4, -0.2) is 65.6 Å². The monoisotopic (exact) mass is 673 g/mol. The normalized spacial score (nSPS) is 11.7. The van der Waals surface area contributed by atoms with Gasteiger partial charge in [0.1, 0.15) is 18.3 Å². The van der Waals surface area contributed by atoms with E-state index in [0.717, 1.165) is 22.7 Å². The van der Waals surface area contributed by atoms with E-state index >= 15 is 0 Å². The highest BCUT2D eigenvalue weighted by Gasteiger charge is 2.35. The molecule has 0 heterocycles. The zero-order chi connectivity index (χ0) is 34.5. The van der Waals surface area contributed by atoms with Crippen LogP contribution in [0.3, 0.4) is 0 Å². The van der Waals surface area contributed by atoms with Crippen molar-refractivity contribution in [1.82, 2.24) is 10.2 Å². The summed E-state index contributed by atoms with van der Waals surface area (Å²) < 4.78 is 45.8. The molecule has 0 aliphatic rings. The molecule has 0 radical (unpaired) electrons. The summed E-state index contributed by atoms with van der Waals surface area (Å²) in [6, 6.07) is 28.3. The summed E-state index contributed by atoms with van der Waals surface area (Å²) in [6.45, 7) is 1.91. The summed E-state index contributed by atoms with van der Waals surface area (Å²) in [7, 11) is 0.217. The third kappa shape index (κ3) is 9.07. The number of sulfonamides is 1. The summed E-state index contributed by atoms with van der Waals surface area (Å²) in [6.07, 6.45) is 1.88. The number of carbonyl (C=O) groups excluding carboxylic acids is 2. The third-order valence-electron chi connectivity index (χ3n) is 7.85. The average Bonchev–Trinajstić information content (AvgIpc) is 3.12. The number of unbranched alkanes of at least 4 members (excludes halogenated alkanes) is 1. The van der Waals surface area contributed by atoms with E-state index in [0.29, 0.717) is 29.4 Å². The molecule has 0 aliphatic carbocycles. The minimum atomic E-state index is -4.26. The second-order valence-corrected chi connectivity index (χ2v) is 12.9. The molecule has 4 aromatic rings. The van der Waals surface area contributed by atoms with E-state index in [2.05, 4.69) is 5.32 Å². The Morgan fingerprint density at radius 3 is 2.08 bits per heavy atom. The first-order valence-electron chi connectivity index (χ1n) is 15.8. The molecular formula is C37H43N3O7S. The SMILES string of the molecule is CCCCNC(=O)[C@@H](Cc1ccccc1)N(Cc1cccc(OC)c1)C(=O)CN(c1ccc(OC)c(OC)c1)S(=O)(=O)c1ccccc1. The quantitative estimate of drug-likeness (QED) is 0.148. The predicted molar refractivity (Wildman–Crippen MR) is 186 cm³/mol. The van der Waals surface area contributed by atoms with Crippen LogP contribution < -0.4 is 23.8 Å². The molecule has 48 heavy (non-hydrogen) atoms. The van der Waals surface area contributed by atoms with E-state index in [1.807, 2.05) is 43.3 Å². The van der Waals surface area contributed by atoms with Crippen LogP contribution in [-0.2, 0) is 32.6 Å². The molecule has 11 heteroatoms. The maximum Gasteiger partial charge on any atom is 0.264 e. The minimum absolute atomic E-state index is 0.00470. The summed E-state index contributed by atoms with van der Waals surface area (Å²) >= 11 is 0. The number of amides is 2. The lowest BCUT2D eigenvalue weighted by Crippen LogP contribution is -2.53. The highest BCUT2D eigenvalue weighted by Crippen LogP contribution is 2.34. The van der Waals surface area contributed by atoms with Crippen LogP contribution in [0.2, 0.25) is 0 Å². The van der Waals surface area contributed by atoms with Gasteiger partial charge in [0.05, 0.1) is 31.9 Å². The zero-order valence-corrected chi connectivity index (χ0v) is 28.6. The first-order valence-corrected chi connectivity index (χ1v) is 17.2. The molecule has 0 spiro atoms. The Balaban J connectivity index is 1.83. The lowest BCUT2D eigenvalue weighted by molar-refractivity contribution is -0.140. The molecule has 0 saturated heterocycles. The van der Waals surface area contributed by atoms with Crippen molar-refractivity contribution in [2.24, 2.45) is 0 Å². The number of nitrogens with zero attached hydrogens (tertiary/aromatic N) is 2. The molecule has 0 saturated carbocycles. The van der Waals surface area contributed by atoms with Crippen molar-refractivity contribution >= 4 is 27.5 Å². The molecule has 0 unspecified atom stereocenters. The van der Waals surface area contributed by atoms with Crippen LogP contribution >= 0.6 is 0 Å². The van der Waals surface area contributed by atoms with E-state index in [1.165, 1.54) is 37.3 Å². The smallest absolute Gasteiger partial charge is 0.264 e. The summed E-state index contributed by atoms with van der Waals surface area (Å²) in [4.78, 5) is 30.0. The van der Waals surface area contributed by atoms with Gasteiger partial charge in [-0.15, -0.1) is 0 Å². The van der Waals surface area contributed by atoms with Crippen molar-refractivity contribution in [3.63, 3.8) is 0 Å². The van der Waals surface area contributed by atoms with Crippen molar-refractivity contribution in [2.45, 2.75) is 43.7 Å². The van der Waals surface area contributed by atoms with E-state index in [9.17, 15) is 18.0 Å². The summed E-state index contributed by atoms with van der Waals surface area (Å²) in [5, 5.41) is 3.00. The van der Waals surface area contributed by atoms with Crippen molar-refractivity contribution < 1.29 is 32.2 Å². The van der Waals surface area contributed by atoms with Crippen LogP contribution in [0.5, 0.6) is 17.2 Å². The van der Waals surface area contributed by atoms with Crippen molar-refractivity contribution in [1.29, 1.82) is 0 Å². The Kier molecular flexibility index (Phi) is 12.8. The predicted octanol–water partition coefficient (Wildman–Crippen LogP) is 5.46. The minimum Gasteiger partial charge on any atom is -0.497 e. The van der Waals surface area contributed by atoms with Crippen LogP contribution in [0.25, 0.3) is 0 Å². The topological polar surface area (TPSA) is 114 Å². The van der Waals surface area contributed by atoms with E-state index < -0.39 is 28.5 Å².